The van der Waals surface area contributed by atoms with Crippen LogP contribution in [0.4, 0.5) is 10.8 Å². The van der Waals surface area contributed by atoms with Crippen LogP contribution < -0.4 is 4.90 Å². The molecule has 2 rings (SSSR count). The molecule has 21 heavy (non-hydrogen) atoms. The molecule has 0 fully saturated rings. The summed E-state index contributed by atoms with van der Waals surface area (Å²) in [5.74, 6) is -1.54. The molecular weight excluding hydrogens is 276 g/mol. The summed E-state index contributed by atoms with van der Waals surface area (Å²) in [4.78, 5) is 27.6. The molecular formula is C14H14N2O5. The maximum absolute atomic E-state index is 11.9. The summed E-state index contributed by atoms with van der Waals surface area (Å²) in [6.07, 6.45) is -0.683. The quantitative estimate of drug-likeness (QED) is 0.929. The van der Waals surface area contributed by atoms with E-state index in [1.165, 1.54) is 14.0 Å². The van der Waals surface area contributed by atoms with Crippen LogP contribution in [0.3, 0.4) is 0 Å². The minimum Gasteiger partial charge on any atom is -0.475 e. The van der Waals surface area contributed by atoms with Gasteiger partial charge in [0.2, 0.25) is 5.76 Å². The van der Waals surface area contributed by atoms with Crippen LogP contribution in [-0.4, -0.2) is 29.2 Å². The molecule has 0 unspecified atom stereocenters. The predicted octanol–water partition coefficient (Wildman–Crippen LogP) is 2.45. The molecule has 110 valence electrons. The molecule has 1 aromatic heterocycles. The fourth-order valence-electron chi connectivity index (χ4n) is 1.62. The summed E-state index contributed by atoms with van der Waals surface area (Å²) in [7, 11) is 1.39. The van der Waals surface area contributed by atoms with Gasteiger partial charge in [0.1, 0.15) is 6.61 Å². The summed E-state index contributed by atoms with van der Waals surface area (Å²) in [6.45, 7) is 1.59. The van der Waals surface area contributed by atoms with Gasteiger partial charge in [-0.1, -0.05) is 30.3 Å². The van der Waals surface area contributed by atoms with Gasteiger partial charge in [-0.2, -0.15) is 4.98 Å². The van der Waals surface area contributed by atoms with Crippen molar-refractivity contribution in [2.45, 2.75) is 13.5 Å². The van der Waals surface area contributed by atoms with Gasteiger partial charge in [0, 0.05) is 7.05 Å². The van der Waals surface area contributed by atoms with E-state index in [2.05, 4.69) is 4.98 Å². The Morgan fingerprint density at radius 1 is 1.33 bits per heavy atom. The molecule has 1 heterocycles. The zero-order chi connectivity index (χ0) is 15.4. The number of nitrogens with zero attached hydrogens (tertiary/aromatic N) is 2. The van der Waals surface area contributed by atoms with Crippen LogP contribution >= 0.6 is 0 Å². The first-order chi connectivity index (χ1) is 9.99. The number of carboxylic acids is 1. The first-order valence-electron chi connectivity index (χ1n) is 6.14. The molecule has 2 aromatic rings. The number of hydrogen-bond acceptors (Lipinski definition) is 5. The number of benzene rings is 1. The Bertz CT molecular complexity index is 651. The van der Waals surface area contributed by atoms with Crippen LogP contribution in [0.15, 0.2) is 34.7 Å². The lowest BCUT2D eigenvalue weighted by atomic mass is 10.2. The molecule has 1 N–H and O–H groups in total. The smallest absolute Gasteiger partial charge is 0.417 e. The van der Waals surface area contributed by atoms with Crippen molar-refractivity contribution in [3.63, 3.8) is 0 Å². The first-order valence-corrected chi connectivity index (χ1v) is 6.14. The third kappa shape index (κ3) is 3.38. The number of carboxylic acid groups (broad SMARTS) is 1. The second kappa shape index (κ2) is 6.08. The summed E-state index contributed by atoms with van der Waals surface area (Å²) in [6, 6.07) is 9.06. The molecule has 1 amide bonds. The van der Waals surface area contributed by atoms with Crippen molar-refractivity contribution in [3.05, 3.63) is 47.3 Å². The van der Waals surface area contributed by atoms with Crippen molar-refractivity contribution < 1.29 is 23.8 Å². The van der Waals surface area contributed by atoms with Crippen molar-refractivity contribution >= 4 is 18.1 Å². The molecule has 7 heteroatoms. The number of carbonyl (C=O) groups excluding carboxylic acids is 1. The molecule has 0 spiro atoms. The predicted molar refractivity (Wildman–Crippen MR) is 73.2 cm³/mol. The molecule has 1 aromatic carbocycles. The van der Waals surface area contributed by atoms with E-state index in [1.54, 1.807) is 0 Å². The van der Waals surface area contributed by atoms with E-state index in [0.29, 0.717) is 0 Å². The van der Waals surface area contributed by atoms with E-state index in [9.17, 15) is 9.59 Å². The van der Waals surface area contributed by atoms with Crippen molar-refractivity contribution in [2.24, 2.45) is 0 Å². The Balaban J connectivity index is 2.02. The Morgan fingerprint density at radius 3 is 2.57 bits per heavy atom. The van der Waals surface area contributed by atoms with E-state index in [0.717, 1.165) is 10.5 Å². The van der Waals surface area contributed by atoms with Gasteiger partial charge in [-0.25, -0.2) is 14.5 Å². The van der Waals surface area contributed by atoms with Crippen LogP contribution in [0.25, 0.3) is 0 Å². The highest BCUT2D eigenvalue weighted by Gasteiger charge is 2.22. The lowest BCUT2D eigenvalue weighted by Crippen LogP contribution is -2.27. The topological polar surface area (TPSA) is 92.9 Å². The van der Waals surface area contributed by atoms with Gasteiger partial charge in [0.15, 0.2) is 0 Å². The molecule has 0 bridgehead atoms. The first kappa shape index (κ1) is 14.6. The average Bonchev–Trinajstić information content (AvgIpc) is 2.87. The van der Waals surface area contributed by atoms with E-state index in [-0.39, 0.29) is 24.1 Å². The van der Waals surface area contributed by atoms with Gasteiger partial charge < -0.3 is 14.3 Å². The Morgan fingerprint density at radius 2 is 2.00 bits per heavy atom. The maximum atomic E-state index is 11.9. The van der Waals surface area contributed by atoms with Gasteiger partial charge in [-0.05, 0) is 12.5 Å². The highest BCUT2D eigenvalue weighted by Crippen LogP contribution is 2.18. The van der Waals surface area contributed by atoms with E-state index < -0.39 is 12.1 Å². The Hall–Kier alpha value is -2.83. The molecule has 0 aliphatic carbocycles. The van der Waals surface area contributed by atoms with Crippen LogP contribution in [0.2, 0.25) is 0 Å². The molecule has 0 aliphatic rings. The zero-order valence-corrected chi connectivity index (χ0v) is 11.6. The van der Waals surface area contributed by atoms with Crippen LogP contribution in [0.1, 0.15) is 21.8 Å². The monoisotopic (exact) mass is 290 g/mol. The number of aromatic nitrogens is 1. The van der Waals surface area contributed by atoms with E-state index in [4.69, 9.17) is 14.3 Å². The third-order valence-corrected chi connectivity index (χ3v) is 2.75. The summed E-state index contributed by atoms with van der Waals surface area (Å²) < 4.78 is 10.1. The summed E-state index contributed by atoms with van der Waals surface area (Å²) in [5, 5.41) is 8.88. The van der Waals surface area contributed by atoms with Crippen molar-refractivity contribution in [1.82, 2.24) is 4.98 Å². The maximum Gasteiger partial charge on any atom is 0.417 e. The van der Waals surface area contributed by atoms with Crippen LogP contribution in [-0.2, 0) is 11.3 Å². The number of ether oxygens (including phenoxy) is 1. The third-order valence-electron chi connectivity index (χ3n) is 2.75. The number of hydrogen-bond donors (Lipinski definition) is 1. The fraction of sp³-hybridized carbons (Fsp3) is 0.214. The SMILES string of the molecule is Cc1nc(N(C)C(=O)OCc2ccccc2)oc1C(=O)O. The van der Waals surface area contributed by atoms with Crippen molar-refractivity contribution in [1.29, 1.82) is 0 Å². The van der Waals surface area contributed by atoms with E-state index >= 15 is 0 Å². The minimum absolute atomic E-state index is 0.107. The molecule has 0 saturated heterocycles. The largest absolute Gasteiger partial charge is 0.475 e. The normalized spacial score (nSPS) is 10.2. The molecule has 7 nitrogen and oxygen atoms in total. The Labute approximate surface area is 120 Å². The minimum atomic E-state index is -1.24. The highest BCUT2D eigenvalue weighted by atomic mass is 16.6. The number of aryl methyl sites for hydroxylation is 1. The number of oxazole rings is 1. The number of carbonyl (C=O) groups is 2. The molecule has 0 aliphatic heterocycles. The summed E-state index contributed by atoms with van der Waals surface area (Å²) >= 11 is 0. The average molecular weight is 290 g/mol. The molecule has 0 radical (unpaired) electrons. The fourth-order valence-corrected chi connectivity index (χ4v) is 1.62. The second-order valence-corrected chi connectivity index (χ2v) is 4.32. The van der Waals surface area contributed by atoms with Gasteiger partial charge >= 0.3 is 18.1 Å². The highest BCUT2D eigenvalue weighted by molar-refractivity contribution is 5.88. The molecule has 0 atom stereocenters. The van der Waals surface area contributed by atoms with Gasteiger partial charge in [-0.15, -0.1) is 0 Å². The van der Waals surface area contributed by atoms with Gasteiger partial charge in [-0.3, -0.25) is 0 Å². The lowest BCUT2D eigenvalue weighted by Gasteiger charge is -2.12. The van der Waals surface area contributed by atoms with Crippen LogP contribution in [0, 0.1) is 6.92 Å². The number of rotatable bonds is 4. The standard InChI is InChI=1S/C14H14N2O5/c1-9-11(12(17)18)21-13(15-9)16(2)14(19)20-8-10-6-4-3-5-7-10/h3-7H,8H2,1-2H3,(H,17,18). The summed E-state index contributed by atoms with van der Waals surface area (Å²) in [5.41, 5.74) is 1.04. The van der Waals surface area contributed by atoms with E-state index in [1.807, 2.05) is 30.3 Å². The van der Waals surface area contributed by atoms with Gasteiger partial charge in [0.25, 0.3) is 0 Å². The molecule has 0 saturated carbocycles. The lowest BCUT2D eigenvalue weighted by molar-refractivity contribution is 0.0661. The van der Waals surface area contributed by atoms with Crippen molar-refractivity contribution in [3.8, 4) is 0 Å². The number of anilines is 1. The van der Waals surface area contributed by atoms with Crippen molar-refractivity contribution in [2.75, 3.05) is 11.9 Å². The number of amides is 1. The van der Waals surface area contributed by atoms with Crippen LogP contribution in [0.5, 0.6) is 0 Å². The Kier molecular flexibility index (Phi) is 4.22. The second-order valence-electron chi connectivity index (χ2n) is 4.32. The zero-order valence-electron chi connectivity index (χ0n) is 11.6. The van der Waals surface area contributed by atoms with Gasteiger partial charge in [0.05, 0.1) is 5.69 Å². The number of aromatic carboxylic acids is 1.